The quantitative estimate of drug-likeness (QED) is 0.624. The summed E-state index contributed by atoms with van der Waals surface area (Å²) in [5.74, 6) is 0. The molecule has 0 aliphatic heterocycles. The van der Waals surface area contributed by atoms with Gasteiger partial charge in [0, 0.05) is 12.4 Å². The molecule has 0 amide bonds. The maximum atomic E-state index is 4.77. The van der Waals surface area contributed by atoms with Crippen molar-refractivity contribution in [3.05, 3.63) is 42.9 Å². The Hall–Kier alpha value is -1.84. The standard InChI is InChI=1S/C8H7N3O/c1-2-4-11(3-1)10-5-8-6-12-7-9-8/h1-7H/b10-5+. The maximum Gasteiger partial charge on any atom is 0.181 e. The van der Waals surface area contributed by atoms with Crippen molar-refractivity contribution in [2.24, 2.45) is 5.10 Å². The second-order valence-corrected chi connectivity index (χ2v) is 2.22. The Morgan fingerprint density at radius 2 is 2.25 bits per heavy atom. The van der Waals surface area contributed by atoms with E-state index in [1.165, 1.54) is 12.7 Å². The normalized spacial score (nSPS) is 11.0. The molecule has 0 bridgehead atoms. The van der Waals surface area contributed by atoms with Crippen LogP contribution < -0.4 is 0 Å². The predicted octanol–water partition coefficient (Wildman–Crippen LogP) is 1.36. The molecule has 0 atom stereocenters. The van der Waals surface area contributed by atoms with Gasteiger partial charge in [-0.15, -0.1) is 0 Å². The van der Waals surface area contributed by atoms with Crippen molar-refractivity contribution in [2.45, 2.75) is 0 Å². The highest BCUT2D eigenvalue weighted by molar-refractivity contribution is 5.75. The van der Waals surface area contributed by atoms with Crippen LogP contribution in [0.4, 0.5) is 0 Å². The fourth-order valence-corrected chi connectivity index (χ4v) is 0.814. The summed E-state index contributed by atoms with van der Waals surface area (Å²) in [6.45, 7) is 0. The van der Waals surface area contributed by atoms with Crippen LogP contribution in [0.3, 0.4) is 0 Å². The van der Waals surface area contributed by atoms with Crippen LogP contribution in [0, 0.1) is 0 Å². The van der Waals surface area contributed by atoms with Gasteiger partial charge in [-0.2, -0.15) is 5.10 Å². The summed E-state index contributed by atoms with van der Waals surface area (Å²) in [5, 5.41) is 4.08. The van der Waals surface area contributed by atoms with Gasteiger partial charge in [-0.25, -0.2) is 9.66 Å². The maximum absolute atomic E-state index is 4.77. The van der Waals surface area contributed by atoms with Crippen LogP contribution >= 0.6 is 0 Å². The van der Waals surface area contributed by atoms with Crippen molar-refractivity contribution in [3.63, 3.8) is 0 Å². The summed E-state index contributed by atoms with van der Waals surface area (Å²) in [5.41, 5.74) is 0.712. The third-order valence-corrected chi connectivity index (χ3v) is 1.36. The molecule has 0 aromatic carbocycles. The Labute approximate surface area is 69.2 Å². The molecular formula is C8H7N3O. The van der Waals surface area contributed by atoms with Crippen LogP contribution in [0.2, 0.25) is 0 Å². The molecule has 0 saturated heterocycles. The van der Waals surface area contributed by atoms with Gasteiger partial charge in [0.2, 0.25) is 0 Å². The molecule has 0 aliphatic carbocycles. The second-order valence-electron chi connectivity index (χ2n) is 2.22. The number of hydrogen-bond donors (Lipinski definition) is 0. The molecule has 0 radical (unpaired) electrons. The average molecular weight is 161 g/mol. The van der Waals surface area contributed by atoms with Crippen LogP contribution in [0.25, 0.3) is 0 Å². The van der Waals surface area contributed by atoms with Crippen LogP contribution in [0.1, 0.15) is 5.69 Å². The fraction of sp³-hybridized carbons (Fsp3) is 0. The first kappa shape index (κ1) is 6.84. The van der Waals surface area contributed by atoms with E-state index in [1.807, 2.05) is 24.5 Å². The summed E-state index contributed by atoms with van der Waals surface area (Å²) < 4.78 is 6.46. The lowest BCUT2D eigenvalue weighted by Gasteiger charge is -1.87. The molecule has 0 fully saturated rings. The Morgan fingerprint density at radius 1 is 1.42 bits per heavy atom. The highest BCUT2D eigenvalue weighted by Crippen LogP contribution is 1.92. The van der Waals surface area contributed by atoms with Gasteiger partial charge in [-0.3, -0.25) is 0 Å². The molecule has 0 N–H and O–H groups in total. The molecular weight excluding hydrogens is 154 g/mol. The molecule has 4 nitrogen and oxygen atoms in total. The van der Waals surface area contributed by atoms with E-state index in [-0.39, 0.29) is 0 Å². The molecule has 12 heavy (non-hydrogen) atoms. The van der Waals surface area contributed by atoms with Crippen molar-refractivity contribution in [1.82, 2.24) is 9.66 Å². The predicted molar refractivity (Wildman–Crippen MR) is 43.9 cm³/mol. The molecule has 2 heterocycles. The van der Waals surface area contributed by atoms with Gasteiger partial charge in [0.05, 0.1) is 6.21 Å². The molecule has 60 valence electrons. The largest absolute Gasteiger partial charge is 0.451 e. The summed E-state index contributed by atoms with van der Waals surface area (Å²) in [4.78, 5) is 3.89. The van der Waals surface area contributed by atoms with E-state index in [0.717, 1.165) is 0 Å². The second kappa shape index (κ2) is 3.04. The van der Waals surface area contributed by atoms with Gasteiger partial charge < -0.3 is 4.42 Å². The molecule has 2 aromatic heterocycles. The average Bonchev–Trinajstić information content (AvgIpc) is 2.74. The third kappa shape index (κ3) is 1.42. The van der Waals surface area contributed by atoms with Gasteiger partial charge in [0.25, 0.3) is 0 Å². The lowest BCUT2D eigenvalue weighted by molar-refractivity contribution is 0.557. The summed E-state index contributed by atoms with van der Waals surface area (Å²) in [6.07, 6.45) is 8.22. The lowest BCUT2D eigenvalue weighted by Crippen LogP contribution is -1.85. The van der Waals surface area contributed by atoms with Crippen molar-refractivity contribution < 1.29 is 4.42 Å². The van der Waals surface area contributed by atoms with Crippen molar-refractivity contribution in [2.75, 3.05) is 0 Å². The third-order valence-electron chi connectivity index (χ3n) is 1.36. The molecule has 0 saturated carbocycles. The summed E-state index contributed by atoms with van der Waals surface area (Å²) in [6, 6.07) is 3.81. The van der Waals surface area contributed by atoms with Crippen LogP contribution in [-0.2, 0) is 0 Å². The Bertz CT molecular complexity index is 311. The van der Waals surface area contributed by atoms with E-state index in [4.69, 9.17) is 4.42 Å². The Kier molecular flexibility index (Phi) is 1.74. The van der Waals surface area contributed by atoms with Crippen LogP contribution in [-0.4, -0.2) is 15.9 Å². The number of aromatic nitrogens is 2. The summed E-state index contributed by atoms with van der Waals surface area (Å²) >= 11 is 0. The van der Waals surface area contributed by atoms with Crippen molar-refractivity contribution in [3.8, 4) is 0 Å². The van der Waals surface area contributed by atoms with E-state index in [9.17, 15) is 0 Å². The minimum atomic E-state index is 0.712. The van der Waals surface area contributed by atoms with E-state index < -0.39 is 0 Å². The zero-order valence-corrected chi connectivity index (χ0v) is 6.29. The zero-order chi connectivity index (χ0) is 8.23. The van der Waals surface area contributed by atoms with Gasteiger partial charge in [-0.1, -0.05) is 0 Å². The molecule has 2 rings (SSSR count). The first-order valence-corrected chi connectivity index (χ1v) is 3.51. The Balaban J connectivity index is 2.14. The smallest absolute Gasteiger partial charge is 0.181 e. The van der Waals surface area contributed by atoms with E-state index >= 15 is 0 Å². The van der Waals surface area contributed by atoms with Gasteiger partial charge in [-0.05, 0) is 12.1 Å². The number of oxazole rings is 1. The van der Waals surface area contributed by atoms with E-state index in [0.29, 0.717) is 5.69 Å². The topological polar surface area (TPSA) is 43.3 Å². The molecule has 0 unspecified atom stereocenters. The van der Waals surface area contributed by atoms with Gasteiger partial charge in [0.1, 0.15) is 12.0 Å². The minimum absolute atomic E-state index is 0.712. The van der Waals surface area contributed by atoms with E-state index in [2.05, 4.69) is 10.1 Å². The van der Waals surface area contributed by atoms with Gasteiger partial charge >= 0.3 is 0 Å². The first-order valence-electron chi connectivity index (χ1n) is 3.51. The molecule has 0 aliphatic rings. The fourth-order valence-electron chi connectivity index (χ4n) is 0.814. The summed E-state index contributed by atoms with van der Waals surface area (Å²) in [7, 11) is 0. The highest BCUT2D eigenvalue weighted by atomic mass is 16.3. The van der Waals surface area contributed by atoms with Crippen molar-refractivity contribution >= 4 is 6.21 Å². The molecule has 2 aromatic rings. The van der Waals surface area contributed by atoms with Crippen LogP contribution in [0.5, 0.6) is 0 Å². The van der Waals surface area contributed by atoms with Gasteiger partial charge in [0.15, 0.2) is 6.39 Å². The van der Waals surface area contributed by atoms with Crippen molar-refractivity contribution in [1.29, 1.82) is 0 Å². The SMILES string of the molecule is C(=N\n1cccc1)/c1cocn1. The minimum Gasteiger partial charge on any atom is -0.451 e. The van der Waals surface area contributed by atoms with Crippen LogP contribution in [0.15, 0.2) is 46.7 Å². The first-order chi connectivity index (χ1) is 5.95. The van der Waals surface area contributed by atoms with E-state index in [1.54, 1.807) is 10.9 Å². The highest BCUT2D eigenvalue weighted by Gasteiger charge is 1.88. The number of hydrogen-bond acceptors (Lipinski definition) is 3. The molecule has 4 heteroatoms. The number of rotatable bonds is 2. The number of nitrogens with zero attached hydrogens (tertiary/aromatic N) is 3. The monoisotopic (exact) mass is 161 g/mol. The lowest BCUT2D eigenvalue weighted by atomic mass is 10.5. The zero-order valence-electron chi connectivity index (χ0n) is 6.29. The molecule has 0 spiro atoms. The Morgan fingerprint density at radius 3 is 2.92 bits per heavy atom.